The smallest absolute Gasteiger partial charge is 0.227 e. The third kappa shape index (κ3) is 3.13. The summed E-state index contributed by atoms with van der Waals surface area (Å²) in [5, 5.41) is 6.13. The molecule has 26 heavy (non-hydrogen) atoms. The fourth-order valence-electron chi connectivity index (χ4n) is 5.14. The van der Waals surface area contributed by atoms with Gasteiger partial charge < -0.3 is 10.6 Å². The predicted molar refractivity (Wildman–Crippen MR) is 100 cm³/mol. The lowest BCUT2D eigenvalue weighted by Gasteiger charge is -2.29. The van der Waals surface area contributed by atoms with E-state index in [4.69, 9.17) is 0 Å². The van der Waals surface area contributed by atoms with Crippen molar-refractivity contribution in [2.45, 2.75) is 44.7 Å². The van der Waals surface area contributed by atoms with Gasteiger partial charge in [-0.3, -0.25) is 14.5 Å². The Morgan fingerprint density at radius 1 is 1.23 bits per heavy atom. The highest BCUT2D eigenvalue weighted by Gasteiger charge is 2.57. The van der Waals surface area contributed by atoms with Crippen LogP contribution < -0.4 is 10.6 Å². The van der Waals surface area contributed by atoms with Gasteiger partial charge in [0.25, 0.3) is 0 Å². The molecule has 1 saturated heterocycles. The Balaban J connectivity index is 1.43. The molecular weight excluding hydrogens is 326 g/mol. The lowest BCUT2D eigenvalue weighted by atomic mass is 9.79. The quantitative estimate of drug-likeness (QED) is 0.848. The fraction of sp³-hybridized carbons (Fsp3) is 0.619. The number of nitrogens with zero attached hydrogens (tertiary/aromatic N) is 1. The molecule has 3 fully saturated rings. The van der Waals surface area contributed by atoms with Crippen LogP contribution in [0.4, 0.5) is 0 Å². The molecule has 3 atom stereocenters. The van der Waals surface area contributed by atoms with E-state index >= 15 is 0 Å². The molecule has 2 N–H and O–H groups in total. The molecule has 1 aromatic carbocycles. The summed E-state index contributed by atoms with van der Waals surface area (Å²) in [5.74, 6) is 0.867. The molecule has 0 spiro atoms. The van der Waals surface area contributed by atoms with Crippen molar-refractivity contribution >= 4 is 11.8 Å². The van der Waals surface area contributed by atoms with E-state index in [1.54, 1.807) is 7.05 Å². The Bertz CT molecular complexity index is 673. The molecule has 4 rings (SSSR count). The zero-order valence-electron chi connectivity index (χ0n) is 15.5. The van der Waals surface area contributed by atoms with Gasteiger partial charge in [-0.15, -0.1) is 0 Å². The van der Waals surface area contributed by atoms with Crippen LogP contribution in [0.1, 0.15) is 37.7 Å². The summed E-state index contributed by atoms with van der Waals surface area (Å²) in [4.78, 5) is 27.5. The van der Waals surface area contributed by atoms with Crippen molar-refractivity contribution in [3.8, 4) is 0 Å². The number of hydrogen-bond acceptors (Lipinski definition) is 3. The SMILES string of the molecule is CNC(=O)[C@]12C[C@@H](NC(=O)C3CCC3)C[C@H]1CN(Cc1ccccc1)C2. The van der Waals surface area contributed by atoms with Gasteiger partial charge in [0, 0.05) is 38.6 Å². The average molecular weight is 355 g/mol. The zero-order chi connectivity index (χ0) is 18.1. The van der Waals surface area contributed by atoms with Crippen molar-refractivity contribution in [1.82, 2.24) is 15.5 Å². The summed E-state index contributed by atoms with van der Waals surface area (Å²) in [6.45, 7) is 2.59. The highest BCUT2D eigenvalue weighted by Crippen LogP contribution is 2.49. The average Bonchev–Trinajstić information content (AvgIpc) is 3.07. The Kier molecular flexibility index (Phi) is 4.74. The first-order valence-electron chi connectivity index (χ1n) is 9.89. The summed E-state index contributed by atoms with van der Waals surface area (Å²) >= 11 is 0. The summed E-state index contributed by atoms with van der Waals surface area (Å²) in [6.07, 6.45) is 4.89. The number of amides is 2. The second-order valence-corrected chi connectivity index (χ2v) is 8.36. The van der Waals surface area contributed by atoms with Crippen LogP contribution in [-0.2, 0) is 16.1 Å². The van der Waals surface area contributed by atoms with E-state index in [1.807, 2.05) is 6.07 Å². The van der Waals surface area contributed by atoms with Gasteiger partial charge in [-0.25, -0.2) is 0 Å². The van der Waals surface area contributed by atoms with E-state index in [0.717, 1.165) is 45.3 Å². The molecule has 0 bridgehead atoms. The second-order valence-electron chi connectivity index (χ2n) is 8.36. The molecule has 0 radical (unpaired) electrons. The van der Waals surface area contributed by atoms with Crippen molar-refractivity contribution in [3.63, 3.8) is 0 Å². The maximum absolute atomic E-state index is 12.8. The second kappa shape index (κ2) is 7.03. The Morgan fingerprint density at radius 2 is 2.00 bits per heavy atom. The first-order valence-corrected chi connectivity index (χ1v) is 9.89. The maximum atomic E-state index is 12.8. The van der Waals surface area contributed by atoms with E-state index in [0.29, 0.717) is 5.92 Å². The van der Waals surface area contributed by atoms with Gasteiger partial charge in [0.1, 0.15) is 0 Å². The minimum absolute atomic E-state index is 0.137. The fourth-order valence-corrected chi connectivity index (χ4v) is 5.14. The van der Waals surface area contributed by atoms with Gasteiger partial charge in [0.15, 0.2) is 0 Å². The van der Waals surface area contributed by atoms with Gasteiger partial charge >= 0.3 is 0 Å². The molecule has 5 nitrogen and oxygen atoms in total. The van der Waals surface area contributed by atoms with E-state index in [1.165, 1.54) is 12.0 Å². The standard InChI is InChI=1S/C21H29N3O2/c1-22-20(26)21-11-18(23-19(25)16-8-5-9-16)10-17(21)13-24(14-21)12-15-6-3-2-4-7-15/h2-4,6-7,16-18H,5,8-14H2,1H3,(H,22,26)(H,23,25)/t17-,18-,21-/m0/s1. The van der Waals surface area contributed by atoms with E-state index in [9.17, 15) is 9.59 Å². The molecule has 2 amide bonds. The number of fused-ring (bicyclic) bond motifs is 1. The van der Waals surface area contributed by atoms with Crippen molar-refractivity contribution < 1.29 is 9.59 Å². The first-order chi connectivity index (χ1) is 12.6. The van der Waals surface area contributed by atoms with Gasteiger partial charge in [-0.2, -0.15) is 0 Å². The molecule has 0 aromatic heterocycles. The third-order valence-electron chi connectivity index (χ3n) is 6.70. The number of carbonyl (C=O) groups is 2. The first kappa shape index (κ1) is 17.5. The molecule has 2 aliphatic carbocycles. The Morgan fingerprint density at radius 3 is 2.65 bits per heavy atom. The van der Waals surface area contributed by atoms with Crippen LogP contribution in [0.25, 0.3) is 0 Å². The lowest BCUT2D eigenvalue weighted by Crippen LogP contribution is -2.45. The predicted octanol–water partition coefficient (Wildman–Crippen LogP) is 1.93. The molecule has 1 aliphatic heterocycles. The maximum Gasteiger partial charge on any atom is 0.227 e. The van der Waals surface area contributed by atoms with Crippen LogP contribution in [0, 0.1) is 17.3 Å². The monoisotopic (exact) mass is 355 g/mol. The molecule has 1 aromatic rings. The summed E-state index contributed by atoms with van der Waals surface area (Å²) in [5.41, 5.74) is 0.926. The van der Waals surface area contributed by atoms with Crippen LogP contribution >= 0.6 is 0 Å². The van der Waals surface area contributed by atoms with Crippen LogP contribution in [-0.4, -0.2) is 42.9 Å². The number of likely N-dealkylation sites (tertiary alicyclic amines) is 1. The lowest BCUT2D eigenvalue weighted by molar-refractivity contribution is -0.132. The van der Waals surface area contributed by atoms with Crippen LogP contribution in [0.15, 0.2) is 30.3 Å². The van der Waals surface area contributed by atoms with Crippen LogP contribution in [0.5, 0.6) is 0 Å². The van der Waals surface area contributed by atoms with Crippen molar-refractivity contribution in [2.24, 2.45) is 17.3 Å². The molecule has 3 aliphatic rings. The molecule has 5 heteroatoms. The molecule has 0 unspecified atom stereocenters. The summed E-state index contributed by atoms with van der Waals surface area (Å²) < 4.78 is 0. The minimum atomic E-state index is -0.360. The van der Waals surface area contributed by atoms with E-state index in [2.05, 4.69) is 39.8 Å². The van der Waals surface area contributed by atoms with E-state index < -0.39 is 0 Å². The number of nitrogens with one attached hydrogen (secondary N) is 2. The topological polar surface area (TPSA) is 61.4 Å². The van der Waals surface area contributed by atoms with Gasteiger partial charge in [-0.1, -0.05) is 36.8 Å². The van der Waals surface area contributed by atoms with Crippen LogP contribution in [0.2, 0.25) is 0 Å². The largest absolute Gasteiger partial charge is 0.359 e. The van der Waals surface area contributed by atoms with E-state index in [-0.39, 0.29) is 29.2 Å². The van der Waals surface area contributed by atoms with Crippen LogP contribution in [0.3, 0.4) is 0 Å². The molecule has 140 valence electrons. The van der Waals surface area contributed by atoms with Crippen molar-refractivity contribution in [1.29, 1.82) is 0 Å². The minimum Gasteiger partial charge on any atom is -0.359 e. The Labute approximate surface area is 155 Å². The number of carbonyl (C=O) groups excluding carboxylic acids is 2. The number of benzene rings is 1. The number of hydrogen-bond donors (Lipinski definition) is 2. The van der Waals surface area contributed by atoms with Crippen molar-refractivity contribution in [3.05, 3.63) is 35.9 Å². The van der Waals surface area contributed by atoms with Crippen molar-refractivity contribution in [2.75, 3.05) is 20.1 Å². The summed E-state index contributed by atoms with van der Waals surface area (Å²) in [6, 6.07) is 10.6. The zero-order valence-corrected chi connectivity index (χ0v) is 15.5. The molecule has 2 saturated carbocycles. The number of rotatable bonds is 5. The van der Waals surface area contributed by atoms with Gasteiger partial charge in [-0.05, 0) is 37.2 Å². The molecule has 1 heterocycles. The van der Waals surface area contributed by atoms with Gasteiger partial charge in [0.2, 0.25) is 11.8 Å². The highest BCUT2D eigenvalue weighted by atomic mass is 16.2. The highest BCUT2D eigenvalue weighted by molar-refractivity contribution is 5.84. The van der Waals surface area contributed by atoms with Gasteiger partial charge in [0.05, 0.1) is 5.41 Å². The molecular formula is C21H29N3O2. The normalized spacial score (nSPS) is 31.3. The Hall–Kier alpha value is -1.88. The third-order valence-corrected chi connectivity index (χ3v) is 6.70. The summed E-state index contributed by atoms with van der Waals surface area (Å²) in [7, 11) is 1.73.